The number of carboxylic acids is 1. The molecule has 1 rings (SSSR count). The van der Waals surface area contributed by atoms with Crippen LogP contribution < -0.4 is 5.32 Å². The van der Waals surface area contributed by atoms with Crippen molar-refractivity contribution in [1.29, 1.82) is 0 Å². The molecule has 104 valence electrons. The van der Waals surface area contributed by atoms with Crippen LogP contribution in [0.15, 0.2) is 16.6 Å². The highest BCUT2D eigenvalue weighted by Crippen LogP contribution is 2.21. The maximum absolute atomic E-state index is 12.2. The average Bonchev–Trinajstić information content (AvgIpc) is 2.29. The minimum Gasteiger partial charge on any atom is -0.480 e. The number of benzene rings is 1. The van der Waals surface area contributed by atoms with Gasteiger partial charge in [-0.25, -0.2) is 4.79 Å². The number of aryl methyl sites for hydroxylation is 2. The fourth-order valence-electron chi connectivity index (χ4n) is 1.76. The maximum atomic E-state index is 12.2. The monoisotopic (exact) mass is 327 g/mol. The minimum atomic E-state index is -1.02. The quantitative estimate of drug-likeness (QED) is 0.893. The van der Waals surface area contributed by atoms with Crippen LogP contribution in [0.2, 0.25) is 0 Å². The van der Waals surface area contributed by atoms with Gasteiger partial charge in [0.2, 0.25) is 0 Å². The van der Waals surface area contributed by atoms with Gasteiger partial charge in [0.1, 0.15) is 6.04 Å². The topological polar surface area (TPSA) is 66.4 Å². The van der Waals surface area contributed by atoms with Gasteiger partial charge in [-0.05, 0) is 43.0 Å². The third kappa shape index (κ3) is 3.80. The van der Waals surface area contributed by atoms with E-state index in [-0.39, 0.29) is 11.8 Å². The number of halogens is 1. The van der Waals surface area contributed by atoms with Crippen LogP contribution in [0.3, 0.4) is 0 Å². The summed E-state index contributed by atoms with van der Waals surface area (Å²) in [6, 6.07) is 2.74. The van der Waals surface area contributed by atoms with Crippen LogP contribution in [0.25, 0.3) is 0 Å². The summed E-state index contributed by atoms with van der Waals surface area (Å²) in [5.74, 6) is -1.54. The number of hydrogen-bond donors (Lipinski definition) is 2. The van der Waals surface area contributed by atoms with Crippen LogP contribution >= 0.6 is 15.9 Å². The molecular formula is C14H18BrNO3. The molecule has 19 heavy (non-hydrogen) atoms. The fraction of sp³-hybridized carbons (Fsp3) is 0.429. The lowest BCUT2D eigenvalue weighted by Gasteiger charge is -2.19. The van der Waals surface area contributed by atoms with Crippen LogP contribution in [0.1, 0.15) is 35.3 Å². The molecule has 4 nitrogen and oxygen atoms in total. The van der Waals surface area contributed by atoms with Crippen molar-refractivity contribution in [3.63, 3.8) is 0 Å². The number of nitrogens with one attached hydrogen (secondary N) is 1. The van der Waals surface area contributed by atoms with Gasteiger partial charge in [-0.1, -0.05) is 29.8 Å². The van der Waals surface area contributed by atoms with E-state index in [0.29, 0.717) is 5.56 Å². The summed E-state index contributed by atoms with van der Waals surface area (Å²) in [6.45, 7) is 7.24. The van der Waals surface area contributed by atoms with Gasteiger partial charge < -0.3 is 10.4 Å². The van der Waals surface area contributed by atoms with Crippen LogP contribution in [0.4, 0.5) is 0 Å². The van der Waals surface area contributed by atoms with Crippen molar-refractivity contribution in [1.82, 2.24) is 5.32 Å². The third-order valence-corrected chi connectivity index (χ3v) is 3.82. The molecule has 0 spiro atoms. The Morgan fingerprint density at radius 3 is 2.26 bits per heavy atom. The minimum absolute atomic E-state index is 0.168. The lowest BCUT2D eigenvalue weighted by molar-refractivity contribution is -0.140. The number of rotatable bonds is 4. The highest BCUT2D eigenvalue weighted by Gasteiger charge is 2.24. The Morgan fingerprint density at radius 1 is 1.21 bits per heavy atom. The van der Waals surface area contributed by atoms with E-state index in [1.807, 2.05) is 19.9 Å². The average molecular weight is 328 g/mol. The summed E-state index contributed by atoms with van der Waals surface area (Å²) in [4.78, 5) is 23.3. The van der Waals surface area contributed by atoms with Crippen molar-refractivity contribution in [2.24, 2.45) is 5.92 Å². The molecule has 1 atom stereocenters. The normalized spacial score (nSPS) is 12.3. The Labute approximate surface area is 121 Å². The molecule has 0 fully saturated rings. The Bertz CT molecular complexity index is 512. The predicted octanol–water partition coefficient (Wildman–Crippen LogP) is 2.90. The summed E-state index contributed by atoms with van der Waals surface area (Å²) in [5, 5.41) is 11.7. The molecule has 1 amide bonds. The van der Waals surface area contributed by atoms with Crippen molar-refractivity contribution in [2.45, 2.75) is 33.7 Å². The largest absolute Gasteiger partial charge is 0.480 e. The second kappa shape index (κ2) is 6.19. The number of carbonyl (C=O) groups excluding carboxylic acids is 1. The van der Waals surface area contributed by atoms with E-state index in [2.05, 4.69) is 21.2 Å². The van der Waals surface area contributed by atoms with Crippen molar-refractivity contribution in [3.05, 3.63) is 33.3 Å². The van der Waals surface area contributed by atoms with E-state index in [4.69, 9.17) is 5.11 Å². The molecule has 0 bridgehead atoms. The van der Waals surface area contributed by atoms with Gasteiger partial charge in [0.25, 0.3) is 5.91 Å². The molecule has 0 unspecified atom stereocenters. The number of hydrogen-bond acceptors (Lipinski definition) is 2. The van der Waals surface area contributed by atoms with Crippen LogP contribution in [-0.4, -0.2) is 23.0 Å². The zero-order valence-electron chi connectivity index (χ0n) is 11.5. The summed E-state index contributed by atoms with van der Waals surface area (Å²) in [6.07, 6.45) is 0. The summed E-state index contributed by atoms with van der Waals surface area (Å²) >= 11 is 3.40. The summed E-state index contributed by atoms with van der Waals surface area (Å²) < 4.78 is 0.931. The molecule has 0 radical (unpaired) electrons. The second-order valence-electron chi connectivity index (χ2n) is 4.95. The molecule has 0 aliphatic carbocycles. The maximum Gasteiger partial charge on any atom is 0.326 e. The molecule has 0 heterocycles. The Balaban J connectivity index is 3.01. The van der Waals surface area contributed by atoms with Crippen molar-refractivity contribution >= 4 is 27.8 Å². The Hall–Kier alpha value is -1.36. The molecule has 1 aromatic rings. The van der Waals surface area contributed by atoms with Gasteiger partial charge in [0, 0.05) is 10.0 Å². The van der Waals surface area contributed by atoms with Crippen LogP contribution in [0.5, 0.6) is 0 Å². The number of carboxylic acid groups (broad SMARTS) is 1. The van der Waals surface area contributed by atoms with E-state index in [1.165, 1.54) is 0 Å². The van der Waals surface area contributed by atoms with E-state index < -0.39 is 12.0 Å². The van der Waals surface area contributed by atoms with Crippen LogP contribution in [-0.2, 0) is 4.79 Å². The van der Waals surface area contributed by atoms with E-state index in [0.717, 1.165) is 15.6 Å². The lowest BCUT2D eigenvalue weighted by atomic mass is 10.0. The first-order chi connectivity index (χ1) is 8.73. The highest BCUT2D eigenvalue weighted by molar-refractivity contribution is 9.10. The van der Waals surface area contributed by atoms with E-state index in [1.54, 1.807) is 19.9 Å². The zero-order valence-corrected chi connectivity index (χ0v) is 13.0. The lowest BCUT2D eigenvalue weighted by Crippen LogP contribution is -2.44. The smallest absolute Gasteiger partial charge is 0.326 e. The molecule has 5 heteroatoms. The molecule has 1 aromatic carbocycles. The summed E-state index contributed by atoms with van der Waals surface area (Å²) in [7, 11) is 0. The molecule has 0 saturated heterocycles. The van der Waals surface area contributed by atoms with Gasteiger partial charge in [-0.15, -0.1) is 0 Å². The van der Waals surface area contributed by atoms with Crippen molar-refractivity contribution in [2.75, 3.05) is 0 Å². The van der Waals surface area contributed by atoms with Gasteiger partial charge >= 0.3 is 5.97 Å². The first kappa shape index (κ1) is 15.7. The first-order valence-electron chi connectivity index (χ1n) is 6.04. The predicted molar refractivity (Wildman–Crippen MR) is 77.3 cm³/mol. The third-order valence-electron chi connectivity index (χ3n) is 2.97. The number of amides is 1. The van der Waals surface area contributed by atoms with Crippen molar-refractivity contribution < 1.29 is 14.7 Å². The number of aliphatic carboxylic acids is 1. The van der Waals surface area contributed by atoms with Gasteiger partial charge in [0.15, 0.2) is 0 Å². The Kier molecular flexibility index (Phi) is 5.11. The number of carbonyl (C=O) groups is 2. The fourth-order valence-corrected chi connectivity index (χ4v) is 2.22. The molecule has 0 aliphatic heterocycles. The summed E-state index contributed by atoms with van der Waals surface area (Å²) in [5.41, 5.74) is 2.25. The van der Waals surface area contributed by atoms with Crippen LogP contribution in [0, 0.1) is 19.8 Å². The molecule has 0 aromatic heterocycles. The molecule has 0 aliphatic rings. The molecule has 2 N–H and O–H groups in total. The molecule has 0 saturated carbocycles. The standard InChI is InChI=1S/C14H18BrNO3/c1-7(2)12(14(18)19)16-13(17)10-5-9(4)11(15)6-8(10)3/h5-7,12H,1-4H3,(H,16,17)(H,18,19)/t12-/m0/s1. The van der Waals surface area contributed by atoms with E-state index in [9.17, 15) is 9.59 Å². The van der Waals surface area contributed by atoms with Gasteiger partial charge in [-0.2, -0.15) is 0 Å². The SMILES string of the molecule is Cc1cc(C(=O)N[C@H](C(=O)O)C(C)C)c(C)cc1Br. The molecular weight excluding hydrogens is 310 g/mol. The van der Waals surface area contributed by atoms with Crippen molar-refractivity contribution in [3.8, 4) is 0 Å². The Morgan fingerprint density at radius 2 is 1.79 bits per heavy atom. The second-order valence-corrected chi connectivity index (χ2v) is 5.80. The van der Waals surface area contributed by atoms with Gasteiger partial charge in [-0.3, -0.25) is 4.79 Å². The zero-order chi connectivity index (χ0) is 14.7. The van der Waals surface area contributed by atoms with Gasteiger partial charge in [0.05, 0.1) is 0 Å². The highest BCUT2D eigenvalue weighted by atomic mass is 79.9. The van der Waals surface area contributed by atoms with E-state index >= 15 is 0 Å². The first-order valence-corrected chi connectivity index (χ1v) is 6.83.